The van der Waals surface area contributed by atoms with E-state index in [-0.39, 0.29) is 45.8 Å². The van der Waals surface area contributed by atoms with E-state index in [1.54, 1.807) is 20.8 Å². The zero-order chi connectivity index (χ0) is 39.6. The summed E-state index contributed by atoms with van der Waals surface area (Å²) < 4.78 is 37.0. The number of amides is 1. The van der Waals surface area contributed by atoms with Crippen LogP contribution in [0.2, 0.25) is 0 Å². The Labute approximate surface area is 316 Å². The predicted octanol–water partition coefficient (Wildman–Crippen LogP) is 6.68. The van der Waals surface area contributed by atoms with Crippen LogP contribution in [0.5, 0.6) is 0 Å². The van der Waals surface area contributed by atoms with Gasteiger partial charge in [-0.1, -0.05) is 81.1 Å². The third kappa shape index (κ3) is 12.9. The van der Waals surface area contributed by atoms with Crippen LogP contribution in [0.15, 0.2) is 81.1 Å². The number of rotatable bonds is 18. The number of azide groups is 4. The molecule has 2 N–H and O–H groups in total. The second-order valence-electron chi connectivity index (χ2n) is 13.7. The lowest BCUT2D eigenvalue weighted by atomic mass is 9.83. The number of hydrogen-bond donors (Lipinski definition) is 2. The van der Waals surface area contributed by atoms with Gasteiger partial charge in [-0.3, -0.25) is 0 Å². The number of aliphatic hydroxyl groups excluding tert-OH is 1. The van der Waals surface area contributed by atoms with Crippen molar-refractivity contribution >= 4 is 6.09 Å². The van der Waals surface area contributed by atoms with E-state index in [0.29, 0.717) is 0 Å². The van der Waals surface area contributed by atoms with Crippen molar-refractivity contribution in [3.63, 3.8) is 0 Å². The molecule has 0 bridgehead atoms. The molecular weight excluding hydrogens is 718 g/mol. The summed E-state index contributed by atoms with van der Waals surface area (Å²) in [4.78, 5) is 24.5. The molecule has 1 saturated heterocycles. The molecule has 294 valence electrons. The summed E-state index contributed by atoms with van der Waals surface area (Å²) in [7, 11) is 0. The molecule has 2 fully saturated rings. The van der Waals surface area contributed by atoms with Gasteiger partial charge in [-0.25, -0.2) is 4.79 Å². The minimum Gasteiger partial charge on any atom is -0.444 e. The maximum atomic E-state index is 12.9. The molecule has 2 aliphatic rings. The van der Waals surface area contributed by atoms with Gasteiger partial charge in [0.1, 0.15) is 36.1 Å². The number of nitrogens with one attached hydrogen (secondary N) is 1. The van der Waals surface area contributed by atoms with Crippen LogP contribution >= 0.6 is 0 Å². The minimum absolute atomic E-state index is 0.0114. The molecule has 1 aliphatic carbocycles. The fourth-order valence-corrected chi connectivity index (χ4v) is 6.28. The lowest BCUT2D eigenvalue weighted by Gasteiger charge is -2.48. The molecule has 0 radical (unpaired) electrons. The van der Waals surface area contributed by atoms with E-state index in [2.05, 4.69) is 45.4 Å². The molecule has 21 nitrogen and oxygen atoms in total. The van der Waals surface area contributed by atoms with Crippen molar-refractivity contribution in [2.75, 3.05) is 19.7 Å². The van der Waals surface area contributed by atoms with E-state index >= 15 is 0 Å². The van der Waals surface area contributed by atoms with Gasteiger partial charge >= 0.3 is 6.09 Å². The molecule has 0 aromatic heterocycles. The summed E-state index contributed by atoms with van der Waals surface area (Å²) in [6.07, 6.45) is -9.16. The predicted molar refractivity (Wildman–Crippen MR) is 196 cm³/mol. The van der Waals surface area contributed by atoms with Crippen molar-refractivity contribution in [3.8, 4) is 0 Å². The Kier molecular flexibility index (Phi) is 16.6. The van der Waals surface area contributed by atoms with Crippen molar-refractivity contribution < 1.29 is 38.3 Å². The lowest BCUT2D eigenvalue weighted by molar-refractivity contribution is -0.301. The molecule has 1 amide bonds. The first-order valence-electron chi connectivity index (χ1n) is 17.6. The first-order valence-corrected chi connectivity index (χ1v) is 17.6. The quantitative estimate of drug-likeness (QED) is 0.0712. The summed E-state index contributed by atoms with van der Waals surface area (Å²) in [6, 6.07) is 15.2. The summed E-state index contributed by atoms with van der Waals surface area (Å²) >= 11 is 0. The van der Waals surface area contributed by atoms with Gasteiger partial charge in [0.05, 0.1) is 44.1 Å². The molecule has 1 saturated carbocycles. The molecule has 2 aromatic carbocycles. The van der Waals surface area contributed by atoms with E-state index < -0.39 is 72.7 Å². The number of nitrogens with zero attached hydrogens (tertiary/aromatic N) is 12. The smallest absolute Gasteiger partial charge is 0.407 e. The molecule has 5 unspecified atom stereocenters. The average molecular weight is 764 g/mol. The van der Waals surface area contributed by atoms with Crippen molar-refractivity contribution in [1.29, 1.82) is 0 Å². The van der Waals surface area contributed by atoms with Crippen LogP contribution in [0, 0.1) is 0 Å². The molecule has 4 rings (SSSR count). The number of ether oxygens (including phenoxy) is 6. The second kappa shape index (κ2) is 21.6. The van der Waals surface area contributed by atoms with Gasteiger partial charge in [-0.15, -0.1) is 0 Å². The van der Waals surface area contributed by atoms with E-state index in [4.69, 9.17) is 34.0 Å². The highest BCUT2D eigenvalue weighted by molar-refractivity contribution is 5.68. The third-order valence-electron chi connectivity index (χ3n) is 8.61. The Morgan fingerprint density at radius 2 is 1.45 bits per heavy atom. The van der Waals surface area contributed by atoms with Crippen LogP contribution in [0.25, 0.3) is 41.8 Å². The molecule has 21 heteroatoms. The van der Waals surface area contributed by atoms with Gasteiger partial charge in [0.15, 0.2) is 6.29 Å². The number of carbonyl (C=O) groups excluding carboxylic acids is 1. The van der Waals surface area contributed by atoms with Gasteiger partial charge in [-0.2, -0.15) is 0 Å². The standard InChI is InChI=1S/C34H45N13O8/c1-34(2,3)55-33(49)41-23-17-24(42-46-37)29(27(48)28(23)50-16-10-15-39-44-35)54-32-26(43-47-38)31(52-20-22-13-8-5-9-14-22)30(25(53-32)18-40-45-36)51-19-21-11-6-4-7-12-21/h4-9,11-14,23-32,48H,10,15-20H2,1-3H3,(H,41,49)/t23-,24?,25?,26?,27-,28?,29?,30-,31-,32-/m1/s1. The van der Waals surface area contributed by atoms with E-state index in [9.17, 15) is 26.5 Å². The van der Waals surface area contributed by atoms with Crippen LogP contribution in [0.4, 0.5) is 4.79 Å². The monoisotopic (exact) mass is 763 g/mol. The summed E-state index contributed by atoms with van der Waals surface area (Å²) in [5.41, 5.74) is 38.1. The first-order chi connectivity index (χ1) is 26.6. The van der Waals surface area contributed by atoms with E-state index in [1.807, 2.05) is 60.7 Å². The molecule has 1 heterocycles. The fraction of sp³-hybridized carbons (Fsp3) is 0.618. The van der Waals surface area contributed by atoms with Crippen LogP contribution in [-0.2, 0) is 41.6 Å². The number of aliphatic hydroxyl groups is 1. The minimum atomic E-state index is -1.58. The first kappa shape index (κ1) is 42.5. The van der Waals surface area contributed by atoms with Crippen molar-refractivity contribution in [1.82, 2.24) is 5.32 Å². The molecule has 2 aromatic rings. The average Bonchev–Trinajstić information content (AvgIpc) is 3.16. The van der Waals surface area contributed by atoms with E-state index in [1.165, 1.54) is 0 Å². The second-order valence-corrected chi connectivity index (χ2v) is 13.7. The Morgan fingerprint density at radius 3 is 2.04 bits per heavy atom. The summed E-state index contributed by atoms with van der Waals surface area (Å²) in [6.45, 7) is 5.11. The van der Waals surface area contributed by atoms with Gasteiger partial charge < -0.3 is 38.8 Å². The largest absolute Gasteiger partial charge is 0.444 e. The zero-order valence-electron chi connectivity index (χ0n) is 30.7. The highest BCUT2D eigenvalue weighted by Crippen LogP contribution is 2.35. The molecule has 1 aliphatic heterocycles. The van der Waals surface area contributed by atoms with Crippen LogP contribution in [-0.4, -0.2) is 97.5 Å². The highest BCUT2D eigenvalue weighted by Gasteiger charge is 2.52. The van der Waals surface area contributed by atoms with Gasteiger partial charge in [0.25, 0.3) is 0 Å². The maximum absolute atomic E-state index is 12.9. The number of alkyl carbamates (subject to hydrolysis) is 1. The van der Waals surface area contributed by atoms with Crippen LogP contribution < -0.4 is 5.32 Å². The zero-order valence-corrected chi connectivity index (χ0v) is 30.7. The molecule has 10 atom stereocenters. The van der Waals surface area contributed by atoms with Crippen molar-refractivity contribution in [2.24, 2.45) is 20.5 Å². The Hall–Kier alpha value is -5.29. The number of carbonyl (C=O) groups is 1. The molecule has 55 heavy (non-hydrogen) atoms. The molecule has 0 spiro atoms. The van der Waals surface area contributed by atoms with Crippen LogP contribution in [0.1, 0.15) is 44.7 Å². The normalized spacial score (nSPS) is 27.6. The Bertz CT molecular complexity index is 1710. The van der Waals surface area contributed by atoms with Crippen LogP contribution in [0.3, 0.4) is 0 Å². The SMILES string of the molecule is CC(C)(C)OC(=O)N[C@@H]1CC(N=[N+]=[N-])C(O[C@H]2OC(CN=[N+]=[N-])[C@@H](OCc3ccccc3)[C@H](OCc3ccccc3)C2N=[N+]=[N-])[C@H](O)C1OCCCN=[N+]=[N-]. The van der Waals surface area contributed by atoms with Gasteiger partial charge in [0, 0.05) is 32.8 Å². The fourth-order valence-electron chi connectivity index (χ4n) is 6.28. The Morgan fingerprint density at radius 1 is 0.836 bits per heavy atom. The number of hydrogen-bond acceptors (Lipinski definition) is 12. The number of benzene rings is 2. The molecular formula is C34H45N13O8. The van der Waals surface area contributed by atoms with E-state index in [0.717, 1.165) is 11.1 Å². The summed E-state index contributed by atoms with van der Waals surface area (Å²) in [5.74, 6) is 0. The Balaban J connectivity index is 1.69. The summed E-state index contributed by atoms with van der Waals surface area (Å²) in [5, 5.41) is 29.7. The van der Waals surface area contributed by atoms with Gasteiger partial charge in [-0.05, 0) is 66.9 Å². The highest BCUT2D eigenvalue weighted by atomic mass is 16.7. The lowest BCUT2D eigenvalue weighted by Crippen LogP contribution is -2.65. The topological polar surface area (TPSA) is 300 Å². The van der Waals surface area contributed by atoms with Crippen molar-refractivity contribution in [2.45, 2.75) is 113 Å². The van der Waals surface area contributed by atoms with Gasteiger partial charge in [0.2, 0.25) is 0 Å². The maximum Gasteiger partial charge on any atom is 0.407 e. The van der Waals surface area contributed by atoms with Crippen molar-refractivity contribution in [3.05, 3.63) is 114 Å². The third-order valence-corrected chi connectivity index (χ3v) is 8.61.